The molecule has 2 heterocycles. The van der Waals surface area contributed by atoms with Crippen molar-refractivity contribution >= 4 is 45.4 Å². The quantitative estimate of drug-likeness (QED) is 0.538. The fraction of sp³-hybridized carbons (Fsp3) is 0.0952. The van der Waals surface area contributed by atoms with Crippen molar-refractivity contribution in [1.82, 2.24) is 9.55 Å². The third-order valence-electron chi connectivity index (χ3n) is 4.37. The summed E-state index contributed by atoms with van der Waals surface area (Å²) >= 11 is 1.44. The van der Waals surface area contributed by atoms with Crippen LogP contribution in [0.4, 0.5) is 11.4 Å². The second kappa shape index (κ2) is 7.28. The predicted octanol–water partition coefficient (Wildman–Crippen LogP) is 4.51. The zero-order valence-corrected chi connectivity index (χ0v) is 16.2. The van der Waals surface area contributed by atoms with Crippen LogP contribution >= 0.6 is 11.3 Å². The molecule has 7 heteroatoms. The summed E-state index contributed by atoms with van der Waals surface area (Å²) in [5.74, 6) is -0.409. The Morgan fingerprint density at radius 1 is 1.00 bits per heavy atom. The summed E-state index contributed by atoms with van der Waals surface area (Å²) in [6.45, 7) is 1.45. The van der Waals surface area contributed by atoms with Gasteiger partial charge >= 0.3 is 0 Å². The van der Waals surface area contributed by atoms with Crippen molar-refractivity contribution in [2.24, 2.45) is 7.05 Å². The van der Waals surface area contributed by atoms with Crippen molar-refractivity contribution in [3.8, 4) is 10.7 Å². The molecule has 0 fully saturated rings. The summed E-state index contributed by atoms with van der Waals surface area (Å²) in [6, 6.07) is 17.2. The van der Waals surface area contributed by atoms with Crippen LogP contribution in [0.25, 0.3) is 21.6 Å². The number of para-hydroxylation sites is 1. The lowest BCUT2D eigenvalue weighted by molar-refractivity contribution is -0.114. The minimum Gasteiger partial charge on any atom is -0.342 e. The summed E-state index contributed by atoms with van der Waals surface area (Å²) in [7, 11) is 2.00. The number of nitrogens with zero attached hydrogens (tertiary/aromatic N) is 2. The first kappa shape index (κ1) is 17.9. The summed E-state index contributed by atoms with van der Waals surface area (Å²) < 4.78 is 2.08. The van der Waals surface area contributed by atoms with Gasteiger partial charge in [0.1, 0.15) is 10.7 Å². The van der Waals surface area contributed by atoms with Crippen LogP contribution < -0.4 is 10.6 Å². The molecule has 4 rings (SSSR count). The van der Waals surface area contributed by atoms with E-state index in [0.29, 0.717) is 17.1 Å². The maximum absolute atomic E-state index is 12.5. The fourth-order valence-corrected chi connectivity index (χ4v) is 3.88. The van der Waals surface area contributed by atoms with Crippen LogP contribution in [0.2, 0.25) is 0 Å². The second-order valence-corrected chi connectivity index (χ2v) is 7.26. The molecule has 0 aliphatic heterocycles. The van der Waals surface area contributed by atoms with Crippen molar-refractivity contribution in [3.05, 3.63) is 65.7 Å². The van der Waals surface area contributed by atoms with E-state index in [9.17, 15) is 9.59 Å². The van der Waals surface area contributed by atoms with Gasteiger partial charge in [-0.15, -0.1) is 11.3 Å². The SMILES string of the molecule is CC(=O)Nc1ccc(NC(=O)c2csc(-c3cc4ccccc4n3C)n2)cc1. The number of amides is 2. The second-order valence-electron chi connectivity index (χ2n) is 6.40. The third kappa shape index (κ3) is 3.52. The van der Waals surface area contributed by atoms with Gasteiger partial charge in [0, 0.05) is 41.6 Å². The average Bonchev–Trinajstić information content (AvgIpc) is 3.28. The van der Waals surface area contributed by atoms with Gasteiger partial charge in [0.2, 0.25) is 5.91 Å². The van der Waals surface area contributed by atoms with Gasteiger partial charge in [0.15, 0.2) is 0 Å². The van der Waals surface area contributed by atoms with E-state index < -0.39 is 0 Å². The van der Waals surface area contributed by atoms with E-state index in [1.807, 2.05) is 19.2 Å². The number of aryl methyl sites for hydroxylation is 1. The van der Waals surface area contributed by atoms with E-state index in [1.165, 1.54) is 18.3 Å². The molecule has 0 spiro atoms. The largest absolute Gasteiger partial charge is 0.342 e. The Kier molecular flexibility index (Phi) is 4.67. The number of benzene rings is 2. The molecular weight excluding hydrogens is 372 g/mol. The van der Waals surface area contributed by atoms with Crippen LogP contribution in [0.15, 0.2) is 60.0 Å². The highest BCUT2D eigenvalue weighted by Gasteiger charge is 2.15. The van der Waals surface area contributed by atoms with E-state index in [2.05, 4.69) is 38.4 Å². The molecule has 0 unspecified atom stereocenters. The van der Waals surface area contributed by atoms with Gasteiger partial charge in [0.05, 0.1) is 5.69 Å². The monoisotopic (exact) mass is 390 g/mol. The van der Waals surface area contributed by atoms with Gasteiger partial charge in [-0.05, 0) is 36.4 Å². The molecule has 0 aliphatic rings. The molecule has 0 saturated carbocycles. The molecule has 0 radical (unpaired) electrons. The highest BCUT2D eigenvalue weighted by Crippen LogP contribution is 2.29. The van der Waals surface area contributed by atoms with Crippen molar-refractivity contribution < 1.29 is 9.59 Å². The molecule has 6 nitrogen and oxygen atoms in total. The number of nitrogens with one attached hydrogen (secondary N) is 2. The summed E-state index contributed by atoms with van der Waals surface area (Å²) in [5.41, 5.74) is 3.79. The number of thiazole rings is 1. The summed E-state index contributed by atoms with van der Waals surface area (Å²) in [5, 5.41) is 9.21. The lowest BCUT2D eigenvalue weighted by Gasteiger charge is -2.05. The zero-order valence-electron chi connectivity index (χ0n) is 15.4. The Morgan fingerprint density at radius 2 is 1.68 bits per heavy atom. The van der Waals surface area contributed by atoms with Crippen LogP contribution in [-0.2, 0) is 11.8 Å². The Labute approximate surface area is 165 Å². The Bertz CT molecular complexity index is 1170. The number of carbonyl (C=O) groups excluding carboxylic acids is 2. The smallest absolute Gasteiger partial charge is 0.275 e. The van der Waals surface area contributed by atoms with E-state index in [1.54, 1.807) is 29.6 Å². The maximum Gasteiger partial charge on any atom is 0.275 e. The van der Waals surface area contributed by atoms with E-state index in [0.717, 1.165) is 21.6 Å². The van der Waals surface area contributed by atoms with Crippen molar-refractivity contribution in [2.75, 3.05) is 10.6 Å². The normalized spacial score (nSPS) is 10.8. The minimum atomic E-state index is -0.270. The minimum absolute atomic E-state index is 0.139. The first-order chi connectivity index (χ1) is 13.5. The lowest BCUT2D eigenvalue weighted by Crippen LogP contribution is -2.12. The van der Waals surface area contributed by atoms with Crippen LogP contribution in [0, 0.1) is 0 Å². The molecule has 2 N–H and O–H groups in total. The number of rotatable bonds is 4. The molecule has 0 aliphatic carbocycles. The first-order valence-corrected chi connectivity index (χ1v) is 9.58. The molecular formula is C21H18N4O2S. The van der Waals surface area contributed by atoms with Gasteiger partial charge in [-0.25, -0.2) is 4.98 Å². The number of aromatic nitrogens is 2. The van der Waals surface area contributed by atoms with Gasteiger partial charge in [0.25, 0.3) is 5.91 Å². The van der Waals surface area contributed by atoms with Gasteiger partial charge < -0.3 is 15.2 Å². The first-order valence-electron chi connectivity index (χ1n) is 8.70. The Hall–Kier alpha value is -3.45. The van der Waals surface area contributed by atoms with E-state index in [4.69, 9.17) is 0 Å². The van der Waals surface area contributed by atoms with Crippen molar-refractivity contribution in [2.45, 2.75) is 6.92 Å². The van der Waals surface area contributed by atoms with Gasteiger partial charge in [-0.1, -0.05) is 18.2 Å². The fourth-order valence-electron chi connectivity index (χ4n) is 3.03. The summed E-state index contributed by atoms with van der Waals surface area (Å²) in [4.78, 5) is 28.1. The highest BCUT2D eigenvalue weighted by atomic mass is 32.1. The number of fused-ring (bicyclic) bond motifs is 1. The van der Waals surface area contributed by atoms with Crippen LogP contribution in [-0.4, -0.2) is 21.4 Å². The molecule has 2 aromatic heterocycles. The van der Waals surface area contributed by atoms with Crippen molar-refractivity contribution in [3.63, 3.8) is 0 Å². The molecule has 0 saturated heterocycles. The van der Waals surface area contributed by atoms with E-state index >= 15 is 0 Å². The molecule has 0 atom stereocenters. The van der Waals surface area contributed by atoms with Crippen LogP contribution in [0.5, 0.6) is 0 Å². The molecule has 2 aromatic carbocycles. The number of hydrogen-bond donors (Lipinski definition) is 2. The predicted molar refractivity (Wildman–Crippen MR) is 113 cm³/mol. The molecule has 0 bridgehead atoms. The topological polar surface area (TPSA) is 76.0 Å². The maximum atomic E-state index is 12.5. The average molecular weight is 390 g/mol. The molecule has 4 aromatic rings. The molecule has 28 heavy (non-hydrogen) atoms. The number of anilines is 2. The van der Waals surface area contributed by atoms with Gasteiger partial charge in [-0.2, -0.15) is 0 Å². The molecule has 2 amide bonds. The highest BCUT2D eigenvalue weighted by molar-refractivity contribution is 7.13. The van der Waals surface area contributed by atoms with E-state index in [-0.39, 0.29) is 11.8 Å². The summed E-state index contributed by atoms with van der Waals surface area (Å²) in [6.07, 6.45) is 0. The van der Waals surface area contributed by atoms with Crippen LogP contribution in [0.3, 0.4) is 0 Å². The van der Waals surface area contributed by atoms with Crippen LogP contribution in [0.1, 0.15) is 17.4 Å². The lowest BCUT2D eigenvalue weighted by atomic mass is 10.2. The molecule has 140 valence electrons. The Morgan fingerprint density at radius 3 is 2.36 bits per heavy atom. The number of carbonyl (C=O) groups is 2. The third-order valence-corrected chi connectivity index (χ3v) is 5.24. The standard InChI is InChI=1S/C21H18N4O2S/c1-13(26)22-15-7-9-16(10-8-15)23-20(27)17-12-28-21(24-17)19-11-14-5-3-4-6-18(14)25(19)2/h3-12H,1-2H3,(H,22,26)(H,23,27). The Balaban J connectivity index is 1.52. The zero-order chi connectivity index (χ0) is 19.7. The van der Waals surface area contributed by atoms with Gasteiger partial charge in [-0.3, -0.25) is 9.59 Å². The number of hydrogen-bond acceptors (Lipinski definition) is 4. The van der Waals surface area contributed by atoms with Crippen molar-refractivity contribution in [1.29, 1.82) is 0 Å².